The third-order valence-electron chi connectivity index (χ3n) is 6.11. The number of carbonyl (C=O) groups is 2. The minimum atomic E-state index is -0.0770. The molecular weight excluding hydrogens is 472 g/mol. The minimum Gasteiger partial charge on any atom is -0.454 e. The monoisotopic (exact) mass is 498 g/mol. The second-order valence-corrected chi connectivity index (χ2v) is 9.55. The predicted octanol–water partition coefficient (Wildman–Crippen LogP) is 5.49. The molecule has 0 atom stereocenters. The molecule has 182 valence electrons. The summed E-state index contributed by atoms with van der Waals surface area (Å²) in [6, 6.07) is 25.1. The van der Waals surface area contributed by atoms with E-state index >= 15 is 0 Å². The number of aryl methyl sites for hydroxylation is 1. The number of ether oxygens (including phenoxy) is 2. The van der Waals surface area contributed by atoms with Gasteiger partial charge < -0.3 is 19.7 Å². The molecule has 5 rings (SSSR count). The van der Waals surface area contributed by atoms with Gasteiger partial charge in [-0.2, -0.15) is 0 Å². The van der Waals surface area contributed by atoms with Crippen LogP contribution >= 0.6 is 11.3 Å². The largest absolute Gasteiger partial charge is 0.454 e. The van der Waals surface area contributed by atoms with Gasteiger partial charge in [0.2, 0.25) is 12.7 Å². The summed E-state index contributed by atoms with van der Waals surface area (Å²) in [5.74, 6) is 1.30. The van der Waals surface area contributed by atoms with Gasteiger partial charge >= 0.3 is 0 Å². The maximum atomic E-state index is 13.3. The predicted molar refractivity (Wildman–Crippen MR) is 141 cm³/mol. The van der Waals surface area contributed by atoms with Gasteiger partial charge in [0, 0.05) is 12.2 Å². The molecular formula is C29H26N2O4S. The summed E-state index contributed by atoms with van der Waals surface area (Å²) in [6.45, 7) is 3.16. The smallest absolute Gasteiger partial charge is 0.268 e. The lowest BCUT2D eigenvalue weighted by Crippen LogP contribution is -2.30. The highest BCUT2D eigenvalue weighted by Crippen LogP contribution is 2.32. The highest BCUT2D eigenvalue weighted by molar-refractivity contribution is 7.12. The minimum absolute atomic E-state index is 0.0394. The molecule has 4 aromatic rings. The van der Waals surface area contributed by atoms with E-state index in [9.17, 15) is 9.59 Å². The van der Waals surface area contributed by atoms with Crippen molar-refractivity contribution in [3.63, 3.8) is 0 Å². The third-order valence-corrected chi connectivity index (χ3v) is 6.96. The number of amides is 2. The van der Waals surface area contributed by atoms with E-state index in [0.29, 0.717) is 23.7 Å². The Morgan fingerprint density at radius 2 is 1.69 bits per heavy atom. The lowest BCUT2D eigenvalue weighted by atomic mass is 10.1. The Morgan fingerprint density at radius 3 is 2.47 bits per heavy atom. The first-order chi connectivity index (χ1) is 17.6. The van der Waals surface area contributed by atoms with E-state index in [4.69, 9.17) is 9.47 Å². The Labute approximate surface area is 214 Å². The van der Waals surface area contributed by atoms with Crippen LogP contribution in [0.4, 0.5) is 5.69 Å². The molecule has 1 aromatic heterocycles. The maximum Gasteiger partial charge on any atom is 0.268 e. The van der Waals surface area contributed by atoms with Crippen LogP contribution in [0.5, 0.6) is 11.5 Å². The van der Waals surface area contributed by atoms with Crippen LogP contribution in [0.1, 0.15) is 31.9 Å². The van der Waals surface area contributed by atoms with Gasteiger partial charge in [-0.25, -0.2) is 0 Å². The van der Waals surface area contributed by atoms with Crippen LogP contribution in [-0.2, 0) is 24.3 Å². The topological polar surface area (TPSA) is 67.9 Å². The SMILES string of the molecule is Cc1ccccc1CN(C(=O)c1cccs1)c1ccc(CC(=O)NCc2ccc3c(c2)OCO3)cc1. The number of fused-ring (bicyclic) bond motifs is 1. The molecule has 2 heterocycles. The lowest BCUT2D eigenvalue weighted by molar-refractivity contribution is -0.120. The molecule has 1 N–H and O–H groups in total. The molecule has 0 saturated carbocycles. The fourth-order valence-electron chi connectivity index (χ4n) is 4.06. The fraction of sp³-hybridized carbons (Fsp3) is 0.172. The zero-order valence-corrected chi connectivity index (χ0v) is 20.7. The molecule has 7 heteroatoms. The van der Waals surface area contributed by atoms with Gasteiger partial charge in [-0.1, -0.05) is 48.5 Å². The van der Waals surface area contributed by atoms with E-state index in [1.807, 2.05) is 78.2 Å². The molecule has 0 aliphatic carbocycles. The first kappa shape index (κ1) is 23.6. The average molecular weight is 499 g/mol. The molecule has 0 radical (unpaired) electrons. The number of benzene rings is 3. The number of carbonyl (C=O) groups excluding carboxylic acids is 2. The number of nitrogens with zero attached hydrogens (tertiary/aromatic N) is 1. The van der Waals surface area contributed by atoms with Crippen LogP contribution in [-0.4, -0.2) is 18.6 Å². The summed E-state index contributed by atoms with van der Waals surface area (Å²) in [4.78, 5) is 28.4. The van der Waals surface area contributed by atoms with Crippen molar-refractivity contribution in [2.24, 2.45) is 0 Å². The van der Waals surface area contributed by atoms with Crippen LogP contribution in [0.2, 0.25) is 0 Å². The Bertz CT molecular complexity index is 1370. The third kappa shape index (κ3) is 5.42. The van der Waals surface area contributed by atoms with E-state index in [-0.39, 0.29) is 25.0 Å². The first-order valence-corrected chi connectivity index (χ1v) is 12.6. The Morgan fingerprint density at radius 1 is 0.917 bits per heavy atom. The van der Waals surface area contributed by atoms with Crippen molar-refractivity contribution >= 4 is 28.8 Å². The van der Waals surface area contributed by atoms with Crippen LogP contribution in [0, 0.1) is 6.92 Å². The average Bonchev–Trinajstić information content (AvgIpc) is 3.59. The van der Waals surface area contributed by atoms with Gasteiger partial charge in [0.05, 0.1) is 17.8 Å². The summed E-state index contributed by atoms with van der Waals surface area (Å²) in [5, 5.41) is 4.86. The first-order valence-electron chi connectivity index (χ1n) is 11.7. The number of thiophene rings is 1. The van der Waals surface area contributed by atoms with Gasteiger partial charge in [0.15, 0.2) is 11.5 Å². The zero-order valence-electron chi connectivity index (χ0n) is 19.9. The van der Waals surface area contributed by atoms with E-state index in [1.54, 1.807) is 4.90 Å². The molecule has 6 nitrogen and oxygen atoms in total. The molecule has 1 aliphatic heterocycles. The van der Waals surface area contributed by atoms with E-state index in [0.717, 1.165) is 33.7 Å². The van der Waals surface area contributed by atoms with Crippen LogP contribution in [0.25, 0.3) is 0 Å². The second kappa shape index (κ2) is 10.7. The van der Waals surface area contributed by atoms with Crippen molar-refractivity contribution in [2.45, 2.75) is 26.4 Å². The molecule has 1 aliphatic rings. The highest BCUT2D eigenvalue weighted by atomic mass is 32.1. The molecule has 3 aromatic carbocycles. The number of anilines is 1. The highest BCUT2D eigenvalue weighted by Gasteiger charge is 2.20. The molecule has 0 bridgehead atoms. The number of hydrogen-bond donors (Lipinski definition) is 1. The van der Waals surface area contributed by atoms with Gasteiger partial charge in [0.25, 0.3) is 5.91 Å². The Hall–Kier alpha value is -4.10. The van der Waals surface area contributed by atoms with Crippen LogP contribution < -0.4 is 19.7 Å². The normalized spacial score (nSPS) is 11.8. The standard InChI is InChI=1S/C29H26N2O4S/c1-20-5-2-3-6-23(20)18-31(29(33)27-7-4-14-36-27)24-11-8-21(9-12-24)16-28(32)30-17-22-10-13-25-26(15-22)35-19-34-25/h2-15H,16-19H2,1H3,(H,30,32). The van der Waals surface area contributed by atoms with Crippen molar-refractivity contribution in [2.75, 3.05) is 11.7 Å². The van der Waals surface area contributed by atoms with Gasteiger partial charge in [0.1, 0.15) is 0 Å². The molecule has 36 heavy (non-hydrogen) atoms. The summed E-state index contributed by atoms with van der Waals surface area (Å²) in [5.41, 5.74) is 4.84. The summed E-state index contributed by atoms with van der Waals surface area (Å²) in [7, 11) is 0. The fourth-order valence-corrected chi connectivity index (χ4v) is 4.74. The Kier molecular flexibility index (Phi) is 7.00. The number of hydrogen-bond acceptors (Lipinski definition) is 5. The molecule has 0 fully saturated rings. The quantitative estimate of drug-likeness (QED) is 0.349. The van der Waals surface area contributed by atoms with E-state index in [2.05, 4.69) is 18.3 Å². The van der Waals surface area contributed by atoms with Crippen molar-refractivity contribution in [3.8, 4) is 11.5 Å². The molecule has 0 unspecified atom stereocenters. The summed E-state index contributed by atoms with van der Waals surface area (Å²) < 4.78 is 10.7. The van der Waals surface area contributed by atoms with Crippen molar-refractivity contribution in [1.29, 1.82) is 0 Å². The van der Waals surface area contributed by atoms with Crippen LogP contribution in [0.15, 0.2) is 84.2 Å². The van der Waals surface area contributed by atoms with Crippen molar-refractivity contribution in [3.05, 3.63) is 111 Å². The van der Waals surface area contributed by atoms with Crippen molar-refractivity contribution in [1.82, 2.24) is 5.32 Å². The lowest BCUT2D eigenvalue weighted by Gasteiger charge is -2.23. The summed E-state index contributed by atoms with van der Waals surface area (Å²) >= 11 is 1.43. The Balaban J connectivity index is 1.26. The molecule has 2 amide bonds. The van der Waals surface area contributed by atoms with Crippen molar-refractivity contribution < 1.29 is 19.1 Å². The number of rotatable bonds is 8. The van der Waals surface area contributed by atoms with Gasteiger partial charge in [-0.15, -0.1) is 11.3 Å². The maximum absolute atomic E-state index is 13.3. The number of nitrogens with one attached hydrogen (secondary N) is 1. The van der Waals surface area contributed by atoms with Crippen LogP contribution in [0.3, 0.4) is 0 Å². The van der Waals surface area contributed by atoms with Gasteiger partial charge in [-0.05, 0) is 64.9 Å². The van der Waals surface area contributed by atoms with E-state index in [1.165, 1.54) is 11.3 Å². The molecule has 0 saturated heterocycles. The van der Waals surface area contributed by atoms with Gasteiger partial charge in [-0.3, -0.25) is 9.59 Å². The van der Waals surface area contributed by atoms with E-state index < -0.39 is 0 Å². The molecule has 0 spiro atoms. The zero-order chi connectivity index (χ0) is 24.9. The summed E-state index contributed by atoms with van der Waals surface area (Å²) in [6.07, 6.45) is 0.251. The second-order valence-electron chi connectivity index (χ2n) is 8.60.